The molecule has 2 saturated heterocycles. The summed E-state index contributed by atoms with van der Waals surface area (Å²) in [6.07, 6.45) is 5.49. The highest BCUT2D eigenvalue weighted by Gasteiger charge is 2.30. The van der Waals surface area contributed by atoms with Crippen molar-refractivity contribution in [3.05, 3.63) is 18.2 Å². The second-order valence-electron chi connectivity index (χ2n) is 6.92. The van der Waals surface area contributed by atoms with Crippen LogP contribution in [0.15, 0.2) is 12.4 Å². The van der Waals surface area contributed by atoms with Gasteiger partial charge in [0.25, 0.3) is 0 Å². The molecule has 3 heterocycles. The standard InChI is InChI=1S/C17H27N5O3/c1-20-7-4-19-15(20)11-22-8-9-25-12-14(22)10-16(23)21-5-2-13(3-6-21)17(18)24/h4,7,13-14H,2-3,5-6,8-12H2,1H3,(H2,18,24)/t14-/m0/s1. The Morgan fingerprint density at radius 3 is 2.72 bits per heavy atom. The van der Waals surface area contributed by atoms with Gasteiger partial charge in [0.05, 0.1) is 19.8 Å². The summed E-state index contributed by atoms with van der Waals surface area (Å²) in [5.41, 5.74) is 5.36. The molecule has 0 unspecified atom stereocenters. The fourth-order valence-electron chi connectivity index (χ4n) is 3.56. The lowest BCUT2D eigenvalue weighted by Crippen LogP contribution is -2.49. The van der Waals surface area contributed by atoms with Crippen molar-refractivity contribution in [3.8, 4) is 0 Å². The molecule has 2 N–H and O–H groups in total. The van der Waals surface area contributed by atoms with Gasteiger partial charge >= 0.3 is 0 Å². The van der Waals surface area contributed by atoms with Crippen molar-refractivity contribution in [1.82, 2.24) is 19.4 Å². The number of likely N-dealkylation sites (tertiary alicyclic amines) is 1. The first-order chi connectivity index (χ1) is 12.0. The number of nitrogens with two attached hydrogens (primary N) is 1. The molecular weight excluding hydrogens is 322 g/mol. The molecule has 0 saturated carbocycles. The molecule has 0 aromatic carbocycles. The number of rotatable bonds is 5. The number of amides is 2. The van der Waals surface area contributed by atoms with Crippen molar-refractivity contribution in [2.45, 2.75) is 31.8 Å². The molecule has 138 valence electrons. The smallest absolute Gasteiger partial charge is 0.224 e. The van der Waals surface area contributed by atoms with Crippen LogP contribution < -0.4 is 5.73 Å². The van der Waals surface area contributed by atoms with E-state index in [-0.39, 0.29) is 23.8 Å². The van der Waals surface area contributed by atoms with Gasteiger partial charge in [-0.2, -0.15) is 0 Å². The molecule has 0 radical (unpaired) electrons. The van der Waals surface area contributed by atoms with Crippen LogP contribution in [0.2, 0.25) is 0 Å². The molecule has 1 aromatic heterocycles. The van der Waals surface area contributed by atoms with Gasteiger partial charge in [-0.15, -0.1) is 0 Å². The first-order valence-corrected chi connectivity index (χ1v) is 8.89. The second-order valence-corrected chi connectivity index (χ2v) is 6.92. The number of aryl methyl sites for hydroxylation is 1. The molecule has 0 spiro atoms. The highest BCUT2D eigenvalue weighted by Crippen LogP contribution is 2.20. The summed E-state index contributed by atoms with van der Waals surface area (Å²) < 4.78 is 7.60. The summed E-state index contributed by atoms with van der Waals surface area (Å²) in [6, 6.07) is 0.0619. The van der Waals surface area contributed by atoms with Crippen molar-refractivity contribution >= 4 is 11.8 Å². The van der Waals surface area contributed by atoms with Crippen molar-refractivity contribution < 1.29 is 14.3 Å². The molecule has 0 bridgehead atoms. The molecule has 8 nitrogen and oxygen atoms in total. The van der Waals surface area contributed by atoms with Crippen molar-refractivity contribution in [3.63, 3.8) is 0 Å². The van der Waals surface area contributed by atoms with Gasteiger partial charge in [-0.05, 0) is 12.8 Å². The molecule has 8 heteroatoms. The average molecular weight is 349 g/mol. The molecule has 1 aromatic rings. The summed E-state index contributed by atoms with van der Waals surface area (Å²) in [5.74, 6) is 0.765. The van der Waals surface area contributed by atoms with Gasteiger partial charge in [-0.3, -0.25) is 14.5 Å². The van der Waals surface area contributed by atoms with Crippen LogP contribution in [0, 0.1) is 5.92 Å². The van der Waals surface area contributed by atoms with Crippen LogP contribution in [0.1, 0.15) is 25.1 Å². The van der Waals surface area contributed by atoms with Gasteiger partial charge in [-0.25, -0.2) is 4.98 Å². The molecule has 0 aliphatic carbocycles. The van der Waals surface area contributed by atoms with E-state index in [2.05, 4.69) is 9.88 Å². The zero-order valence-corrected chi connectivity index (χ0v) is 14.8. The maximum atomic E-state index is 12.7. The van der Waals surface area contributed by atoms with Crippen LogP contribution in [-0.2, 0) is 27.9 Å². The summed E-state index contributed by atoms with van der Waals surface area (Å²) in [4.78, 5) is 32.4. The molecule has 3 rings (SSSR count). The van der Waals surface area contributed by atoms with Crippen molar-refractivity contribution in [2.75, 3.05) is 32.8 Å². The Labute approximate surface area is 147 Å². The number of morpholine rings is 1. The topological polar surface area (TPSA) is 93.7 Å². The number of carbonyl (C=O) groups is 2. The minimum atomic E-state index is -0.256. The first kappa shape index (κ1) is 17.9. The Morgan fingerprint density at radius 2 is 2.08 bits per heavy atom. The van der Waals surface area contributed by atoms with Gasteiger partial charge in [0.2, 0.25) is 11.8 Å². The third-order valence-electron chi connectivity index (χ3n) is 5.28. The Kier molecular flexibility index (Phi) is 5.70. The lowest BCUT2D eigenvalue weighted by Gasteiger charge is -2.37. The molecule has 2 aliphatic rings. The van der Waals surface area contributed by atoms with E-state index in [1.165, 1.54) is 0 Å². The maximum absolute atomic E-state index is 12.7. The average Bonchev–Trinajstić information content (AvgIpc) is 3.01. The van der Waals surface area contributed by atoms with Crippen LogP contribution in [0.4, 0.5) is 0 Å². The minimum Gasteiger partial charge on any atom is -0.378 e. The fourth-order valence-corrected chi connectivity index (χ4v) is 3.56. The zero-order valence-electron chi connectivity index (χ0n) is 14.8. The van der Waals surface area contributed by atoms with E-state index in [0.29, 0.717) is 52.1 Å². The van der Waals surface area contributed by atoms with Crippen LogP contribution in [0.3, 0.4) is 0 Å². The van der Waals surface area contributed by atoms with Gasteiger partial charge in [0.1, 0.15) is 5.82 Å². The number of imidazole rings is 1. The molecule has 1 atom stereocenters. The lowest BCUT2D eigenvalue weighted by molar-refractivity contribution is -0.137. The highest BCUT2D eigenvalue weighted by molar-refractivity contribution is 5.79. The first-order valence-electron chi connectivity index (χ1n) is 8.89. The van der Waals surface area contributed by atoms with E-state index in [1.54, 1.807) is 6.20 Å². The van der Waals surface area contributed by atoms with E-state index in [4.69, 9.17) is 10.5 Å². The molecule has 2 amide bonds. The van der Waals surface area contributed by atoms with E-state index in [0.717, 1.165) is 12.4 Å². The fraction of sp³-hybridized carbons (Fsp3) is 0.706. The van der Waals surface area contributed by atoms with E-state index in [1.807, 2.05) is 22.7 Å². The second kappa shape index (κ2) is 7.97. The van der Waals surface area contributed by atoms with Crippen molar-refractivity contribution in [2.24, 2.45) is 18.7 Å². The highest BCUT2D eigenvalue weighted by atomic mass is 16.5. The molecule has 25 heavy (non-hydrogen) atoms. The molecule has 2 fully saturated rings. The number of nitrogens with zero attached hydrogens (tertiary/aromatic N) is 4. The van der Waals surface area contributed by atoms with Gasteiger partial charge in [-0.1, -0.05) is 0 Å². The van der Waals surface area contributed by atoms with Crippen LogP contribution in [0.25, 0.3) is 0 Å². The number of hydrogen-bond acceptors (Lipinski definition) is 5. The number of hydrogen-bond donors (Lipinski definition) is 1. The summed E-state index contributed by atoms with van der Waals surface area (Å²) in [7, 11) is 1.98. The van der Waals surface area contributed by atoms with Gasteiger partial charge in [0.15, 0.2) is 0 Å². The van der Waals surface area contributed by atoms with Crippen LogP contribution in [-0.4, -0.2) is 70.1 Å². The van der Waals surface area contributed by atoms with E-state index in [9.17, 15) is 9.59 Å². The number of piperidine rings is 1. The van der Waals surface area contributed by atoms with E-state index < -0.39 is 0 Å². The SMILES string of the molecule is Cn1ccnc1CN1CCOC[C@@H]1CC(=O)N1CCC(C(N)=O)CC1. The summed E-state index contributed by atoms with van der Waals surface area (Å²) >= 11 is 0. The number of primary amides is 1. The third kappa shape index (κ3) is 4.38. The Balaban J connectivity index is 1.55. The number of ether oxygens (including phenoxy) is 1. The number of carbonyl (C=O) groups excluding carboxylic acids is 2. The number of aromatic nitrogens is 2. The van der Waals surface area contributed by atoms with Crippen molar-refractivity contribution in [1.29, 1.82) is 0 Å². The van der Waals surface area contributed by atoms with E-state index >= 15 is 0 Å². The third-order valence-corrected chi connectivity index (χ3v) is 5.28. The van der Waals surface area contributed by atoms with Gasteiger partial charge < -0.3 is 19.9 Å². The van der Waals surface area contributed by atoms with Gasteiger partial charge in [0, 0.05) is 57.5 Å². The minimum absolute atomic E-state index is 0.0619. The quantitative estimate of drug-likeness (QED) is 0.790. The van der Waals surface area contributed by atoms with Crippen LogP contribution >= 0.6 is 0 Å². The Bertz CT molecular complexity index is 609. The summed E-state index contributed by atoms with van der Waals surface area (Å²) in [6.45, 7) is 3.98. The normalized spacial score (nSPS) is 22.9. The zero-order chi connectivity index (χ0) is 17.8. The molecule has 2 aliphatic heterocycles. The summed E-state index contributed by atoms with van der Waals surface area (Å²) in [5, 5.41) is 0. The molecular formula is C17H27N5O3. The maximum Gasteiger partial charge on any atom is 0.224 e. The predicted molar refractivity (Wildman–Crippen MR) is 91.3 cm³/mol. The Hall–Kier alpha value is -1.93. The predicted octanol–water partition coefficient (Wildman–Crippen LogP) is -0.265. The monoisotopic (exact) mass is 349 g/mol. The Morgan fingerprint density at radius 1 is 1.32 bits per heavy atom. The lowest BCUT2D eigenvalue weighted by atomic mass is 9.96. The largest absolute Gasteiger partial charge is 0.378 e. The van der Waals surface area contributed by atoms with Crippen LogP contribution in [0.5, 0.6) is 0 Å².